The molecule has 0 unspecified atom stereocenters. The molecule has 4 aromatic rings. The van der Waals surface area contributed by atoms with E-state index >= 15 is 0 Å². The van der Waals surface area contributed by atoms with Crippen LogP contribution >= 0.6 is 11.3 Å². The molecular weight excluding hydrogens is 462 g/mol. The number of fused-ring (bicyclic) bond motifs is 1. The second kappa shape index (κ2) is 10.1. The minimum atomic E-state index is -0.0823. The van der Waals surface area contributed by atoms with Gasteiger partial charge in [-0.3, -0.25) is 18.8 Å². The summed E-state index contributed by atoms with van der Waals surface area (Å²) in [5, 5.41) is 3.11. The van der Waals surface area contributed by atoms with Gasteiger partial charge in [0.1, 0.15) is 10.8 Å². The van der Waals surface area contributed by atoms with Crippen LogP contribution in [0.25, 0.3) is 21.6 Å². The lowest BCUT2D eigenvalue weighted by molar-refractivity contribution is -0.133. The molecule has 0 saturated carbocycles. The summed E-state index contributed by atoms with van der Waals surface area (Å²) in [5.74, 6) is 0.932. The van der Waals surface area contributed by atoms with Crippen molar-refractivity contribution in [2.24, 2.45) is 7.05 Å². The van der Waals surface area contributed by atoms with Gasteiger partial charge in [-0.2, -0.15) is 0 Å². The van der Waals surface area contributed by atoms with Gasteiger partial charge in [-0.15, -0.1) is 11.3 Å². The van der Waals surface area contributed by atoms with E-state index in [0.717, 1.165) is 52.7 Å². The zero-order chi connectivity index (χ0) is 24.4. The standard InChI is InChI=1S/C26H29N5O3S/c1-28-22-5-3-4-6-23(22)31(26(28)33)12-11-24(32)30-15-13-29(14-16-30)17-20-18-35-25(27-20)19-7-9-21(34-2)10-8-19/h3-10,18H,11-17H2,1-2H3. The maximum Gasteiger partial charge on any atom is 0.328 e. The summed E-state index contributed by atoms with van der Waals surface area (Å²) in [6.45, 7) is 4.19. The highest BCUT2D eigenvalue weighted by atomic mass is 32.1. The third-order valence-corrected chi connectivity index (χ3v) is 7.54. The number of amides is 1. The zero-order valence-corrected chi connectivity index (χ0v) is 20.8. The average molecular weight is 492 g/mol. The minimum Gasteiger partial charge on any atom is -0.497 e. The van der Waals surface area contributed by atoms with E-state index in [-0.39, 0.29) is 11.6 Å². The van der Waals surface area contributed by atoms with Crippen molar-refractivity contribution >= 4 is 28.3 Å². The van der Waals surface area contributed by atoms with Crippen molar-refractivity contribution < 1.29 is 9.53 Å². The van der Waals surface area contributed by atoms with E-state index in [9.17, 15) is 9.59 Å². The first-order valence-electron chi connectivity index (χ1n) is 11.8. The van der Waals surface area contributed by atoms with Crippen LogP contribution in [0.3, 0.4) is 0 Å². The number of hydrogen-bond donors (Lipinski definition) is 0. The molecule has 35 heavy (non-hydrogen) atoms. The topological polar surface area (TPSA) is 72.6 Å². The smallest absolute Gasteiger partial charge is 0.328 e. The van der Waals surface area contributed by atoms with Crippen LogP contribution in [-0.2, 0) is 24.9 Å². The maximum atomic E-state index is 12.9. The number of ether oxygens (including phenoxy) is 1. The predicted molar refractivity (Wildman–Crippen MR) is 138 cm³/mol. The molecule has 2 aromatic carbocycles. The van der Waals surface area contributed by atoms with Crippen molar-refractivity contribution in [3.63, 3.8) is 0 Å². The first-order chi connectivity index (χ1) is 17.0. The van der Waals surface area contributed by atoms with Crippen LogP contribution in [0.2, 0.25) is 0 Å². The summed E-state index contributed by atoms with van der Waals surface area (Å²) < 4.78 is 8.57. The lowest BCUT2D eigenvalue weighted by atomic mass is 10.2. The maximum absolute atomic E-state index is 12.9. The van der Waals surface area contributed by atoms with Crippen LogP contribution < -0.4 is 10.4 Å². The second-order valence-corrected chi connectivity index (χ2v) is 9.62. The normalized spacial score (nSPS) is 14.5. The van der Waals surface area contributed by atoms with Gasteiger partial charge in [-0.25, -0.2) is 9.78 Å². The fourth-order valence-electron chi connectivity index (χ4n) is 4.58. The van der Waals surface area contributed by atoms with E-state index in [1.54, 1.807) is 34.6 Å². The lowest BCUT2D eigenvalue weighted by Crippen LogP contribution is -2.48. The highest BCUT2D eigenvalue weighted by Gasteiger charge is 2.22. The van der Waals surface area contributed by atoms with Crippen LogP contribution in [0.15, 0.2) is 58.7 Å². The van der Waals surface area contributed by atoms with Crippen molar-refractivity contribution in [2.45, 2.75) is 19.5 Å². The minimum absolute atomic E-state index is 0.0823. The number of para-hydroxylation sites is 2. The summed E-state index contributed by atoms with van der Waals surface area (Å²) in [6.07, 6.45) is 0.325. The Balaban J connectivity index is 1.13. The van der Waals surface area contributed by atoms with Crippen LogP contribution in [0, 0.1) is 0 Å². The molecule has 0 aliphatic carbocycles. The monoisotopic (exact) mass is 491 g/mol. The van der Waals surface area contributed by atoms with Gasteiger partial charge in [0.05, 0.1) is 23.8 Å². The molecule has 0 spiro atoms. The molecular formula is C26H29N5O3S. The molecule has 0 bridgehead atoms. The Morgan fingerprint density at radius 2 is 1.74 bits per heavy atom. The molecule has 0 atom stereocenters. The molecule has 1 fully saturated rings. The van der Waals surface area contributed by atoms with E-state index in [1.165, 1.54) is 0 Å². The van der Waals surface area contributed by atoms with Gasteiger partial charge < -0.3 is 9.64 Å². The summed E-state index contributed by atoms with van der Waals surface area (Å²) in [7, 11) is 3.43. The fraction of sp³-hybridized carbons (Fsp3) is 0.346. The number of nitrogens with zero attached hydrogens (tertiary/aromatic N) is 5. The molecule has 9 heteroatoms. The van der Waals surface area contributed by atoms with Gasteiger partial charge in [0.15, 0.2) is 0 Å². The van der Waals surface area contributed by atoms with Gasteiger partial charge in [-0.05, 0) is 36.4 Å². The number of carbonyl (C=O) groups is 1. The molecule has 0 radical (unpaired) electrons. The largest absolute Gasteiger partial charge is 0.497 e. The number of imidazole rings is 1. The van der Waals surface area contributed by atoms with Gasteiger partial charge >= 0.3 is 5.69 Å². The molecule has 1 amide bonds. The van der Waals surface area contributed by atoms with E-state index in [1.807, 2.05) is 53.4 Å². The molecule has 0 N–H and O–H groups in total. The van der Waals surface area contributed by atoms with Crippen LogP contribution in [0.5, 0.6) is 5.75 Å². The summed E-state index contributed by atoms with van der Waals surface area (Å²) in [6, 6.07) is 15.6. The number of hydrogen-bond acceptors (Lipinski definition) is 6. The average Bonchev–Trinajstić information content (AvgIpc) is 3.46. The Morgan fingerprint density at radius 1 is 1.03 bits per heavy atom. The van der Waals surface area contributed by atoms with E-state index in [0.29, 0.717) is 26.1 Å². The molecule has 1 aliphatic rings. The Kier molecular flexibility index (Phi) is 6.70. The molecule has 1 aliphatic heterocycles. The predicted octanol–water partition coefficient (Wildman–Crippen LogP) is 3.21. The van der Waals surface area contributed by atoms with E-state index in [4.69, 9.17) is 9.72 Å². The van der Waals surface area contributed by atoms with Gasteiger partial charge in [-0.1, -0.05) is 12.1 Å². The third kappa shape index (κ3) is 4.87. The number of rotatable bonds is 7. The number of aromatic nitrogens is 3. The highest BCUT2D eigenvalue weighted by molar-refractivity contribution is 7.13. The molecule has 182 valence electrons. The summed E-state index contributed by atoms with van der Waals surface area (Å²) >= 11 is 1.65. The molecule has 1 saturated heterocycles. The summed E-state index contributed by atoms with van der Waals surface area (Å²) in [4.78, 5) is 34.5. The van der Waals surface area contributed by atoms with Crippen molar-refractivity contribution in [3.05, 3.63) is 70.1 Å². The first-order valence-corrected chi connectivity index (χ1v) is 12.6. The van der Waals surface area contributed by atoms with E-state index in [2.05, 4.69) is 10.3 Å². The quantitative estimate of drug-likeness (QED) is 0.397. The molecule has 5 rings (SSSR count). The van der Waals surface area contributed by atoms with Gasteiger partial charge in [0.2, 0.25) is 5.91 Å². The van der Waals surface area contributed by atoms with Crippen LogP contribution in [0.4, 0.5) is 0 Å². The van der Waals surface area contributed by atoms with Crippen molar-refractivity contribution in [2.75, 3.05) is 33.3 Å². The van der Waals surface area contributed by atoms with Crippen LogP contribution in [-0.4, -0.2) is 63.1 Å². The fourth-order valence-corrected chi connectivity index (χ4v) is 5.39. The molecule has 2 aromatic heterocycles. The Morgan fingerprint density at radius 3 is 2.46 bits per heavy atom. The number of thiazole rings is 1. The third-order valence-electron chi connectivity index (χ3n) is 6.60. The van der Waals surface area contributed by atoms with Gasteiger partial charge in [0.25, 0.3) is 0 Å². The lowest BCUT2D eigenvalue weighted by Gasteiger charge is -2.34. The Labute approximate surface area is 208 Å². The highest BCUT2D eigenvalue weighted by Crippen LogP contribution is 2.26. The number of piperazine rings is 1. The number of aryl methyl sites for hydroxylation is 2. The van der Waals surface area contributed by atoms with Crippen LogP contribution in [0.1, 0.15) is 12.1 Å². The van der Waals surface area contributed by atoms with Crippen molar-refractivity contribution in [3.8, 4) is 16.3 Å². The number of carbonyl (C=O) groups excluding carboxylic acids is 1. The van der Waals surface area contributed by atoms with Crippen molar-refractivity contribution in [1.82, 2.24) is 23.9 Å². The molecule has 8 nitrogen and oxygen atoms in total. The molecule has 3 heterocycles. The first kappa shape index (κ1) is 23.3. The van der Waals surface area contributed by atoms with E-state index < -0.39 is 0 Å². The van der Waals surface area contributed by atoms with Gasteiger partial charge in [0, 0.05) is 63.7 Å². The Bertz CT molecular complexity index is 1380. The second-order valence-electron chi connectivity index (χ2n) is 8.76. The van der Waals surface area contributed by atoms with Crippen molar-refractivity contribution in [1.29, 1.82) is 0 Å². The zero-order valence-electron chi connectivity index (χ0n) is 20.0. The SMILES string of the molecule is COc1ccc(-c2nc(CN3CCN(C(=O)CCn4c(=O)n(C)c5ccccc54)CC3)cs2)cc1. The number of methoxy groups -OCH3 is 1. The summed E-state index contributed by atoms with van der Waals surface area (Å²) in [5.41, 5.74) is 3.81. The number of benzene rings is 2. The Hall–Kier alpha value is -3.43.